The number of halogens is 1. The molecule has 0 aliphatic rings. The molecular formula is C21H26ClN3O3. The number of amides is 2. The monoisotopic (exact) mass is 403 g/mol. The Bertz CT molecular complexity index is 839. The molecule has 2 amide bonds. The van der Waals surface area contributed by atoms with E-state index in [4.69, 9.17) is 16.3 Å². The minimum absolute atomic E-state index is 0.0637. The van der Waals surface area contributed by atoms with E-state index >= 15 is 0 Å². The zero-order valence-electron chi connectivity index (χ0n) is 16.6. The van der Waals surface area contributed by atoms with Gasteiger partial charge in [-0.2, -0.15) is 0 Å². The SMILES string of the molecule is CCCOC(Cl)c1cccc(NC(=O)c2ccc(C)nc2C(=O)NC(C)C)c1. The van der Waals surface area contributed by atoms with Crippen LogP contribution in [0.5, 0.6) is 0 Å². The van der Waals surface area contributed by atoms with Crippen LogP contribution in [0.4, 0.5) is 5.69 Å². The van der Waals surface area contributed by atoms with E-state index in [2.05, 4.69) is 15.6 Å². The van der Waals surface area contributed by atoms with Crippen LogP contribution in [0.25, 0.3) is 0 Å². The third-order valence-corrected chi connectivity index (χ3v) is 4.17. The molecule has 0 saturated heterocycles. The summed E-state index contributed by atoms with van der Waals surface area (Å²) in [5.41, 5.74) is 1.68. The number of nitrogens with zero attached hydrogens (tertiary/aromatic N) is 1. The molecule has 150 valence electrons. The Labute approximate surface area is 170 Å². The molecule has 7 heteroatoms. The number of benzene rings is 1. The number of carbonyl (C=O) groups is 2. The van der Waals surface area contributed by atoms with E-state index in [9.17, 15) is 9.59 Å². The summed E-state index contributed by atoms with van der Waals surface area (Å²) in [5, 5.41) is 5.58. The van der Waals surface area contributed by atoms with E-state index in [0.29, 0.717) is 18.0 Å². The largest absolute Gasteiger partial charge is 0.358 e. The number of rotatable bonds is 8. The molecule has 2 N–H and O–H groups in total. The average molecular weight is 404 g/mol. The Hall–Kier alpha value is -2.44. The number of nitrogens with one attached hydrogen (secondary N) is 2. The molecule has 2 rings (SSSR count). The lowest BCUT2D eigenvalue weighted by molar-refractivity contribution is 0.0925. The Morgan fingerprint density at radius 3 is 2.61 bits per heavy atom. The van der Waals surface area contributed by atoms with Gasteiger partial charge in [-0.3, -0.25) is 9.59 Å². The molecule has 0 saturated carbocycles. The number of carbonyl (C=O) groups excluding carboxylic acids is 2. The maximum atomic E-state index is 12.8. The molecule has 0 fully saturated rings. The Balaban J connectivity index is 2.22. The molecular weight excluding hydrogens is 378 g/mol. The Morgan fingerprint density at radius 1 is 1.18 bits per heavy atom. The number of aromatic nitrogens is 1. The maximum Gasteiger partial charge on any atom is 0.270 e. The summed E-state index contributed by atoms with van der Waals surface area (Å²) in [6.45, 7) is 8.02. The van der Waals surface area contributed by atoms with Crippen LogP contribution >= 0.6 is 11.6 Å². The predicted molar refractivity (Wildman–Crippen MR) is 111 cm³/mol. The van der Waals surface area contributed by atoms with Gasteiger partial charge in [0.1, 0.15) is 5.69 Å². The molecule has 28 heavy (non-hydrogen) atoms. The lowest BCUT2D eigenvalue weighted by Crippen LogP contribution is -2.33. The van der Waals surface area contributed by atoms with Crippen LogP contribution in [0.1, 0.15) is 64.9 Å². The standard InChI is InChI=1S/C21H26ClN3O3/c1-5-11-28-19(22)15-7-6-8-16(12-15)25-20(26)17-10-9-14(4)24-18(17)21(27)23-13(2)3/h6-10,12-13,19H,5,11H2,1-4H3,(H,23,27)(H,25,26). The first-order valence-corrected chi connectivity index (χ1v) is 9.71. The van der Waals surface area contributed by atoms with E-state index in [1.807, 2.05) is 26.8 Å². The van der Waals surface area contributed by atoms with Crippen LogP contribution in [0.2, 0.25) is 0 Å². The van der Waals surface area contributed by atoms with Crippen molar-refractivity contribution in [1.82, 2.24) is 10.3 Å². The van der Waals surface area contributed by atoms with Crippen LogP contribution < -0.4 is 10.6 Å². The zero-order chi connectivity index (χ0) is 20.7. The van der Waals surface area contributed by atoms with Gasteiger partial charge in [-0.25, -0.2) is 4.98 Å². The smallest absolute Gasteiger partial charge is 0.270 e. The summed E-state index contributed by atoms with van der Waals surface area (Å²) in [6, 6.07) is 10.4. The van der Waals surface area contributed by atoms with Crippen molar-refractivity contribution >= 4 is 29.1 Å². The summed E-state index contributed by atoms with van der Waals surface area (Å²) in [5.74, 6) is -0.800. The second kappa shape index (κ2) is 10.2. The predicted octanol–water partition coefficient (Wildman–Crippen LogP) is 4.44. The van der Waals surface area contributed by atoms with Crippen molar-refractivity contribution < 1.29 is 14.3 Å². The number of alkyl halides is 1. The van der Waals surface area contributed by atoms with Gasteiger partial charge in [-0.1, -0.05) is 30.7 Å². The minimum atomic E-state index is -0.592. The number of ether oxygens (including phenoxy) is 1. The second-order valence-corrected chi connectivity index (χ2v) is 7.14. The van der Waals surface area contributed by atoms with Crippen LogP contribution in [-0.4, -0.2) is 29.4 Å². The fourth-order valence-electron chi connectivity index (χ4n) is 2.52. The van der Waals surface area contributed by atoms with Gasteiger partial charge in [0, 0.05) is 24.0 Å². The number of hydrogen-bond donors (Lipinski definition) is 2. The van der Waals surface area contributed by atoms with Gasteiger partial charge in [0.05, 0.1) is 5.56 Å². The topological polar surface area (TPSA) is 80.3 Å². The highest BCUT2D eigenvalue weighted by atomic mass is 35.5. The van der Waals surface area contributed by atoms with Crippen LogP contribution in [-0.2, 0) is 4.74 Å². The van der Waals surface area contributed by atoms with Gasteiger partial charge in [-0.15, -0.1) is 0 Å². The second-order valence-electron chi connectivity index (χ2n) is 6.74. The molecule has 1 atom stereocenters. The molecule has 0 aliphatic carbocycles. The van der Waals surface area contributed by atoms with Crippen molar-refractivity contribution in [3.05, 3.63) is 58.9 Å². The number of hydrogen-bond acceptors (Lipinski definition) is 4. The third kappa shape index (κ3) is 6.04. The van der Waals surface area contributed by atoms with Gasteiger partial charge < -0.3 is 15.4 Å². The highest BCUT2D eigenvalue weighted by Crippen LogP contribution is 2.25. The minimum Gasteiger partial charge on any atom is -0.358 e. The summed E-state index contributed by atoms with van der Waals surface area (Å²) in [6.07, 6.45) is 0.862. The molecule has 2 aromatic rings. The van der Waals surface area contributed by atoms with Gasteiger partial charge >= 0.3 is 0 Å². The summed E-state index contributed by atoms with van der Waals surface area (Å²) >= 11 is 6.25. The van der Waals surface area contributed by atoms with Crippen molar-refractivity contribution in [3.63, 3.8) is 0 Å². The third-order valence-electron chi connectivity index (χ3n) is 3.79. The van der Waals surface area contributed by atoms with Gasteiger partial charge in [0.15, 0.2) is 5.56 Å². The Kier molecular flexibility index (Phi) is 7.96. The molecule has 0 bridgehead atoms. The average Bonchev–Trinajstić information content (AvgIpc) is 2.65. The summed E-state index contributed by atoms with van der Waals surface area (Å²) in [4.78, 5) is 29.5. The molecule has 0 radical (unpaired) electrons. The lowest BCUT2D eigenvalue weighted by atomic mass is 10.1. The van der Waals surface area contributed by atoms with Crippen molar-refractivity contribution in [1.29, 1.82) is 0 Å². The fourth-order valence-corrected chi connectivity index (χ4v) is 2.74. The normalized spacial score (nSPS) is 11.9. The molecule has 1 unspecified atom stereocenters. The molecule has 0 aliphatic heterocycles. The van der Waals surface area contributed by atoms with E-state index in [-0.39, 0.29) is 23.2 Å². The van der Waals surface area contributed by atoms with Crippen LogP contribution in [0.15, 0.2) is 36.4 Å². The van der Waals surface area contributed by atoms with Crippen molar-refractivity contribution in [2.45, 2.75) is 45.7 Å². The lowest BCUT2D eigenvalue weighted by Gasteiger charge is -2.14. The number of pyridine rings is 1. The number of anilines is 1. The highest BCUT2D eigenvalue weighted by Gasteiger charge is 2.20. The molecule has 0 spiro atoms. The maximum absolute atomic E-state index is 12.8. The van der Waals surface area contributed by atoms with Crippen molar-refractivity contribution in [2.75, 3.05) is 11.9 Å². The van der Waals surface area contributed by atoms with E-state index < -0.39 is 11.5 Å². The summed E-state index contributed by atoms with van der Waals surface area (Å²) in [7, 11) is 0. The first-order valence-electron chi connectivity index (χ1n) is 9.27. The first kappa shape index (κ1) is 21.9. The Morgan fingerprint density at radius 2 is 1.93 bits per heavy atom. The first-order chi connectivity index (χ1) is 13.3. The van der Waals surface area contributed by atoms with Crippen LogP contribution in [0, 0.1) is 6.92 Å². The zero-order valence-corrected chi connectivity index (χ0v) is 17.3. The molecule has 1 heterocycles. The van der Waals surface area contributed by atoms with Crippen molar-refractivity contribution in [2.24, 2.45) is 0 Å². The van der Waals surface area contributed by atoms with E-state index in [1.54, 1.807) is 37.3 Å². The van der Waals surface area contributed by atoms with E-state index in [0.717, 1.165) is 12.0 Å². The molecule has 1 aromatic carbocycles. The molecule has 6 nitrogen and oxygen atoms in total. The quantitative estimate of drug-likeness (QED) is 0.638. The van der Waals surface area contributed by atoms with E-state index in [1.165, 1.54) is 0 Å². The van der Waals surface area contributed by atoms with Gasteiger partial charge in [0.2, 0.25) is 0 Å². The highest BCUT2D eigenvalue weighted by molar-refractivity contribution is 6.20. The van der Waals surface area contributed by atoms with Crippen molar-refractivity contribution in [3.8, 4) is 0 Å². The fraction of sp³-hybridized carbons (Fsp3) is 0.381. The van der Waals surface area contributed by atoms with Gasteiger partial charge in [-0.05, 0) is 57.0 Å². The van der Waals surface area contributed by atoms with Crippen LogP contribution in [0.3, 0.4) is 0 Å². The number of aryl methyl sites for hydroxylation is 1. The summed E-state index contributed by atoms with van der Waals surface area (Å²) < 4.78 is 5.51. The van der Waals surface area contributed by atoms with Gasteiger partial charge in [0.25, 0.3) is 11.8 Å². The molecule has 1 aromatic heterocycles.